The zero-order chi connectivity index (χ0) is 13.9. The number of aromatic nitrogens is 2. The van der Waals surface area contributed by atoms with Gasteiger partial charge in [-0.1, -0.05) is 23.7 Å². The van der Waals surface area contributed by atoms with Crippen LogP contribution >= 0.6 is 27.5 Å². The van der Waals surface area contributed by atoms with E-state index in [0.717, 1.165) is 47.2 Å². The molecule has 1 aliphatic rings. The summed E-state index contributed by atoms with van der Waals surface area (Å²) in [4.78, 5) is 12.9. The highest BCUT2D eigenvalue weighted by Crippen LogP contribution is 2.28. The zero-order valence-corrected chi connectivity index (χ0v) is 13.2. The van der Waals surface area contributed by atoms with Gasteiger partial charge in [-0.25, -0.2) is 9.97 Å². The molecule has 0 amide bonds. The average molecular weight is 354 g/mol. The van der Waals surface area contributed by atoms with Gasteiger partial charge in [0.1, 0.15) is 12.1 Å². The maximum Gasteiger partial charge on any atom is 0.146 e. The summed E-state index contributed by atoms with van der Waals surface area (Å²) in [6.45, 7) is 3.70. The van der Waals surface area contributed by atoms with Crippen molar-refractivity contribution in [1.29, 1.82) is 0 Å². The second-order valence-corrected chi connectivity index (χ2v) is 5.88. The molecule has 0 saturated carbocycles. The van der Waals surface area contributed by atoms with Crippen LogP contribution in [0.4, 0.5) is 11.5 Å². The van der Waals surface area contributed by atoms with Crippen LogP contribution in [0.15, 0.2) is 41.3 Å². The molecule has 104 valence electrons. The zero-order valence-electron chi connectivity index (χ0n) is 10.8. The van der Waals surface area contributed by atoms with E-state index in [2.05, 4.69) is 41.8 Å². The lowest BCUT2D eigenvalue weighted by atomic mass is 10.2. The van der Waals surface area contributed by atoms with Crippen molar-refractivity contribution < 1.29 is 0 Å². The summed E-state index contributed by atoms with van der Waals surface area (Å²) >= 11 is 9.75. The van der Waals surface area contributed by atoms with E-state index in [-0.39, 0.29) is 0 Å². The van der Waals surface area contributed by atoms with Crippen molar-refractivity contribution in [2.24, 2.45) is 0 Å². The summed E-state index contributed by atoms with van der Waals surface area (Å²) in [6, 6.07) is 7.98. The van der Waals surface area contributed by atoms with E-state index < -0.39 is 0 Å². The number of hydrogen-bond donors (Lipinski definition) is 0. The molecule has 1 saturated heterocycles. The van der Waals surface area contributed by atoms with Gasteiger partial charge < -0.3 is 9.80 Å². The number of nitrogens with zero attached hydrogens (tertiary/aromatic N) is 4. The first-order valence-corrected chi connectivity index (χ1v) is 7.63. The molecule has 0 bridgehead atoms. The van der Waals surface area contributed by atoms with Crippen LogP contribution in [0.5, 0.6) is 0 Å². The van der Waals surface area contributed by atoms with Gasteiger partial charge in [0.05, 0.1) is 15.2 Å². The Morgan fingerprint density at radius 1 is 1.05 bits per heavy atom. The van der Waals surface area contributed by atoms with Crippen LogP contribution in [0.2, 0.25) is 5.02 Å². The maximum absolute atomic E-state index is 6.25. The molecule has 0 aliphatic carbocycles. The van der Waals surface area contributed by atoms with Crippen LogP contribution in [0, 0.1) is 0 Å². The van der Waals surface area contributed by atoms with Crippen LogP contribution in [0.25, 0.3) is 0 Å². The summed E-state index contributed by atoms with van der Waals surface area (Å²) in [5.74, 6) is 0.957. The lowest BCUT2D eigenvalue weighted by molar-refractivity contribution is 0.645. The Kier molecular flexibility index (Phi) is 4.08. The van der Waals surface area contributed by atoms with E-state index in [0.29, 0.717) is 0 Å². The summed E-state index contributed by atoms with van der Waals surface area (Å²) in [6.07, 6.45) is 3.36. The fourth-order valence-electron chi connectivity index (χ4n) is 2.41. The quantitative estimate of drug-likeness (QED) is 0.830. The molecule has 0 N–H and O–H groups in total. The van der Waals surface area contributed by atoms with E-state index in [4.69, 9.17) is 11.6 Å². The fraction of sp³-hybridized carbons (Fsp3) is 0.286. The van der Waals surface area contributed by atoms with Crippen molar-refractivity contribution in [3.05, 3.63) is 46.3 Å². The summed E-state index contributed by atoms with van der Waals surface area (Å²) in [5.41, 5.74) is 1.11. The maximum atomic E-state index is 6.25. The van der Waals surface area contributed by atoms with Crippen molar-refractivity contribution in [2.75, 3.05) is 36.0 Å². The highest BCUT2D eigenvalue weighted by Gasteiger charge is 2.20. The molecule has 0 radical (unpaired) electrons. The van der Waals surface area contributed by atoms with Crippen LogP contribution < -0.4 is 9.80 Å². The second-order valence-electron chi connectivity index (χ2n) is 4.62. The lowest BCUT2D eigenvalue weighted by Gasteiger charge is -2.37. The Labute approximate surface area is 131 Å². The molecule has 2 heterocycles. The first-order chi connectivity index (χ1) is 9.75. The summed E-state index contributed by atoms with van der Waals surface area (Å²) < 4.78 is 0.936. The van der Waals surface area contributed by atoms with Crippen LogP contribution in [0.3, 0.4) is 0 Å². The van der Waals surface area contributed by atoms with Crippen LogP contribution in [0.1, 0.15) is 0 Å². The van der Waals surface area contributed by atoms with Crippen LogP contribution in [-0.2, 0) is 0 Å². The molecular weight excluding hydrogens is 340 g/mol. The number of anilines is 2. The number of benzene rings is 1. The first kappa shape index (κ1) is 13.6. The largest absolute Gasteiger partial charge is 0.367 e. The van der Waals surface area contributed by atoms with E-state index >= 15 is 0 Å². The van der Waals surface area contributed by atoms with E-state index in [9.17, 15) is 0 Å². The monoisotopic (exact) mass is 352 g/mol. The van der Waals surface area contributed by atoms with Crippen molar-refractivity contribution in [1.82, 2.24) is 9.97 Å². The number of rotatable bonds is 2. The third-order valence-corrected chi connectivity index (χ3v) is 4.30. The van der Waals surface area contributed by atoms with E-state index in [1.165, 1.54) is 0 Å². The highest BCUT2D eigenvalue weighted by molar-refractivity contribution is 9.10. The minimum atomic E-state index is 0.809. The normalized spacial score (nSPS) is 15.5. The lowest BCUT2D eigenvalue weighted by Crippen LogP contribution is -2.47. The van der Waals surface area contributed by atoms with Gasteiger partial charge in [-0.3, -0.25) is 0 Å². The predicted molar refractivity (Wildman–Crippen MR) is 85.6 cm³/mol. The topological polar surface area (TPSA) is 32.3 Å². The number of piperazine rings is 1. The fourth-order valence-corrected chi connectivity index (χ4v) is 3.13. The molecule has 0 spiro atoms. The smallest absolute Gasteiger partial charge is 0.146 e. The molecule has 4 nitrogen and oxygen atoms in total. The van der Waals surface area contributed by atoms with Gasteiger partial charge in [-0.05, 0) is 28.1 Å². The molecule has 0 atom stereocenters. The standard InChI is InChI=1S/C14H14BrClN4/c15-11-9-17-10-18-14(11)20-7-5-19(6-8-20)13-4-2-1-3-12(13)16/h1-4,9-10H,5-8H2. The molecular formula is C14H14BrClN4. The van der Waals surface area contributed by atoms with Gasteiger partial charge in [0.15, 0.2) is 0 Å². The number of para-hydroxylation sites is 1. The minimum absolute atomic E-state index is 0.809. The van der Waals surface area contributed by atoms with Crippen molar-refractivity contribution in [2.45, 2.75) is 0 Å². The molecule has 1 aliphatic heterocycles. The Bertz CT molecular complexity index is 546. The Morgan fingerprint density at radius 3 is 2.45 bits per heavy atom. The van der Waals surface area contributed by atoms with Gasteiger partial charge in [0.25, 0.3) is 0 Å². The van der Waals surface area contributed by atoms with E-state index in [1.807, 2.05) is 18.2 Å². The SMILES string of the molecule is Clc1ccccc1N1CCN(c2ncncc2Br)CC1. The molecule has 3 rings (SSSR count). The van der Waals surface area contributed by atoms with Gasteiger partial charge >= 0.3 is 0 Å². The van der Waals surface area contributed by atoms with Gasteiger partial charge in [0.2, 0.25) is 0 Å². The first-order valence-electron chi connectivity index (χ1n) is 6.45. The molecule has 1 fully saturated rings. The highest BCUT2D eigenvalue weighted by atomic mass is 79.9. The van der Waals surface area contributed by atoms with Gasteiger partial charge in [-0.2, -0.15) is 0 Å². The average Bonchev–Trinajstić information content (AvgIpc) is 2.49. The molecule has 1 aromatic carbocycles. The molecule has 1 aromatic heterocycles. The van der Waals surface area contributed by atoms with Gasteiger partial charge in [0, 0.05) is 32.4 Å². The van der Waals surface area contributed by atoms with Gasteiger partial charge in [-0.15, -0.1) is 0 Å². The number of halogens is 2. The Morgan fingerprint density at radius 2 is 1.75 bits per heavy atom. The molecule has 2 aromatic rings. The summed E-state index contributed by atoms with van der Waals surface area (Å²) in [5, 5.41) is 0.809. The number of hydrogen-bond acceptors (Lipinski definition) is 4. The minimum Gasteiger partial charge on any atom is -0.367 e. The second kappa shape index (κ2) is 5.97. The van der Waals surface area contributed by atoms with Crippen molar-refractivity contribution in [3.8, 4) is 0 Å². The molecule has 0 unspecified atom stereocenters. The van der Waals surface area contributed by atoms with Crippen molar-refractivity contribution in [3.63, 3.8) is 0 Å². The van der Waals surface area contributed by atoms with E-state index in [1.54, 1.807) is 12.5 Å². The Balaban J connectivity index is 1.72. The Hall–Kier alpha value is -1.33. The van der Waals surface area contributed by atoms with Crippen molar-refractivity contribution >= 4 is 39.0 Å². The predicted octanol–water partition coefficient (Wildman–Crippen LogP) is 3.22. The molecule has 20 heavy (non-hydrogen) atoms. The molecule has 6 heteroatoms. The summed E-state index contributed by atoms with van der Waals surface area (Å²) in [7, 11) is 0. The third kappa shape index (κ3) is 2.74. The third-order valence-electron chi connectivity index (χ3n) is 3.42. The van der Waals surface area contributed by atoms with Crippen LogP contribution in [-0.4, -0.2) is 36.1 Å².